The highest BCUT2D eigenvalue weighted by Gasteiger charge is 2.37. The quantitative estimate of drug-likeness (QED) is 0.161. The summed E-state index contributed by atoms with van der Waals surface area (Å²) in [6.45, 7) is 3.42. The van der Waals surface area contributed by atoms with E-state index in [1.165, 1.54) is 0 Å². The summed E-state index contributed by atoms with van der Waals surface area (Å²) >= 11 is 0. The van der Waals surface area contributed by atoms with Crippen LogP contribution in [0.4, 0.5) is 0 Å². The van der Waals surface area contributed by atoms with Gasteiger partial charge in [0, 0.05) is 0 Å². The second-order valence-corrected chi connectivity index (χ2v) is 9.78. The second-order valence-electron chi connectivity index (χ2n) is 9.78. The average Bonchev–Trinajstić information content (AvgIpc) is 3.02. The van der Waals surface area contributed by atoms with Crippen LogP contribution in [0, 0.1) is 0 Å². The first-order valence-electron chi connectivity index (χ1n) is 14.0. The monoisotopic (exact) mass is 540 g/mol. The first-order chi connectivity index (χ1) is 19.8. The third-order valence-electron chi connectivity index (χ3n) is 6.82. The van der Waals surface area contributed by atoms with Crippen molar-refractivity contribution in [3.05, 3.63) is 144 Å². The van der Waals surface area contributed by atoms with Gasteiger partial charge in [-0.25, -0.2) is 0 Å². The summed E-state index contributed by atoms with van der Waals surface area (Å²) in [5, 5.41) is 10.6. The van der Waals surface area contributed by atoms with Gasteiger partial charge in [-0.15, -0.1) is 0 Å². The molecule has 4 atom stereocenters. The number of aliphatic hydroxyl groups excluding tert-OH is 1. The highest BCUT2D eigenvalue weighted by Crippen LogP contribution is 2.24. The van der Waals surface area contributed by atoms with Gasteiger partial charge in [-0.3, -0.25) is 0 Å². The molecule has 0 saturated carbocycles. The van der Waals surface area contributed by atoms with E-state index in [2.05, 4.69) is 19.1 Å². The lowest BCUT2D eigenvalue weighted by Gasteiger charge is -2.37. The van der Waals surface area contributed by atoms with E-state index in [1.807, 2.05) is 109 Å². The van der Waals surface area contributed by atoms with E-state index in [0.29, 0.717) is 32.8 Å². The van der Waals surface area contributed by atoms with Gasteiger partial charge in [0.25, 0.3) is 0 Å². The summed E-state index contributed by atoms with van der Waals surface area (Å²) in [7, 11) is 0. The fourth-order valence-electron chi connectivity index (χ4n) is 4.61. The molecule has 0 aliphatic heterocycles. The molecule has 0 fully saturated rings. The predicted molar refractivity (Wildman–Crippen MR) is 157 cm³/mol. The molecule has 0 aliphatic rings. The summed E-state index contributed by atoms with van der Waals surface area (Å²) in [5.41, 5.74) is 4.20. The maximum atomic E-state index is 10.6. The van der Waals surface area contributed by atoms with Crippen LogP contribution in [0.2, 0.25) is 0 Å². The Bertz CT molecular complexity index is 1090. The summed E-state index contributed by atoms with van der Waals surface area (Å²) in [4.78, 5) is 0. The van der Waals surface area contributed by atoms with Gasteiger partial charge in [-0.1, -0.05) is 128 Å². The molecule has 0 saturated heterocycles. The summed E-state index contributed by atoms with van der Waals surface area (Å²) < 4.78 is 26.0. The molecular weight excluding hydrogens is 500 g/mol. The van der Waals surface area contributed by atoms with Crippen LogP contribution in [-0.2, 0) is 45.4 Å². The topological polar surface area (TPSA) is 57.2 Å². The van der Waals surface area contributed by atoms with E-state index in [4.69, 9.17) is 18.9 Å². The van der Waals surface area contributed by atoms with Crippen LogP contribution in [0.25, 0.3) is 0 Å². The normalized spacial score (nSPS) is 14.3. The van der Waals surface area contributed by atoms with Crippen molar-refractivity contribution in [3.63, 3.8) is 0 Å². The van der Waals surface area contributed by atoms with Crippen LogP contribution >= 0.6 is 0 Å². The molecule has 5 heteroatoms. The first kappa shape index (κ1) is 29.7. The Hall–Kier alpha value is -3.32. The van der Waals surface area contributed by atoms with Crippen LogP contribution in [-0.4, -0.2) is 36.1 Å². The Morgan fingerprint density at radius 3 is 1.07 bits per heavy atom. The van der Waals surface area contributed by atoms with Crippen molar-refractivity contribution >= 4 is 0 Å². The maximum absolute atomic E-state index is 10.6. The third kappa shape index (κ3) is 9.40. The number of hydrogen-bond acceptors (Lipinski definition) is 5. The number of ether oxygens (including phenoxy) is 4. The smallest absolute Gasteiger partial charge is 0.115 e. The molecule has 0 bridgehead atoms. The minimum absolute atomic E-state index is 0.216. The number of benzene rings is 4. The highest BCUT2D eigenvalue weighted by molar-refractivity contribution is 5.16. The van der Waals surface area contributed by atoms with E-state index < -0.39 is 18.3 Å². The van der Waals surface area contributed by atoms with E-state index in [1.54, 1.807) is 0 Å². The molecule has 0 amide bonds. The van der Waals surface area contributed by atoms with Crippen LogP contribution in [0.5, 0.6) is 0 Å². The summed E-state index contributed by atoms with van der Waals surface area (Å²) in [6.07, 6.45) is -1.30. The van der Waals surface area contributed by atoms with Crippen LogP contribution in [0.15, 0.2) is 121 Å². The van der Waals surface area contributed by atoms with Crippen molar-refractivity contribution in [2.24, 2.45) is 0 Å². The predicted octanol–water partition coefficient (Wildman–Crippen LogP) is 6.73. The Balaban J connectivity index is 1.59. The Morgan fingerprint density at radius 1 is 0.450 bits per heavy atom. The third-order valence-corrected chi connectivity index (χ3v) is 6.82. The van der Waals surface area contributed by atoms with E-state index in [-0.39, 0.29) is 12.7 Å². The number of hydrogen-bond donors (Lipinski definition) is 1. The molecule has 4 aromatic rings. The molecule has 0 spiro atoms. The highest BCUT2D eigenvalue weighted by atomic mass is 16.6. The Kier molecular flexibility index (Phi) is 12.4. The Morgan fingerprint density at radius 2 is 0.750 bits per heavy atom. The average molecular weight is 541 g/mol. The fourth-order valence-corrected chi connectivity index (χ4v) is 4.61. The first-order valence-corrected chi connectivity index (χ1v) is 14.0. The minimum atomic E-state index is -0.626. The van der Waals surface area contributed by atoms with Crippen LogP contribution in [0.3, 0.4) is 0 Å². The van der Waals surface area contributed by atoms with E-state index in [0.717, 1.165) is 22.3 Å². The van der Waals surface area contributed by atoms with Crippen molar-refractivity contribution < 1.29 is 24.1 Å². The maximum Gasteiger partial charge on any atom is 0.115 e. The molecule has 40 heavy (non-hydrogen) atoms. The molecule has 0 aliphatic carbocycles. The van der Waals surface area contributed by atoms with Crippen molar-refractivity contribution in [1.82, 2.24) is 0 Å². The lowest BCUT2D eigenvalue weighted by molar-refractivity contribution is -0.196. The summed E-state index contributed by atoms with van der Waals surface area (Å²) in [6, 6.07) is 40.2. The Labute approximate surface area is 238 Å². The molecule has 0 heterocycles. The van der Waals surface area contributed by atoms with Gasteiger partial charge in [0.2, 0.25) is 0 Å². The van der Waals surface area contributed by atoms with Gasteiger partial charge in [-0.05, 0) is 28.7 Å². The molecule has 210 valence electrons. The molecule has 5 nitrogen and oxygen atoms in total. The lowest BCUT2D eigenvalue weighted by atomic mass is 10.00. The van der Waals surface area contributed by atoms with Crippen molar-refractivity contribution in [3.8, 4) is 0 Å². The number of aliphatic hydroxyl groups is 1. The van der Waals surface area contributed by atoms with Crippen molar-refractivity contribution in [2.75, 3.05) is 6.61 Å². The van der Waals surface area contributed by atoms with Gasteiger partial charge >= 0.3 is 0 Å². The minimum Gasteiger partial charge on any atom is -0.394 e. The standard InChI is InChI=1S/C35H40O5/c1-2-32(37-24-28-15-7-3-8-16-28)34(39-26-30-19-11-5-12-20-30)35(40-27-31-21-13-6-14-22-31)33(23-36)38-25-29-17-9-4-10-18-29/h3-22,32-36H,2,23-27H2,1H3/t32-,33-,34-,35-/m1/s1. The van der Waals surface area contributed by atoms with Gasteiger partial charge in [0.15, 0.2) is 0 Å². The zero-order valence-electron chi connectivity index (χ0n) is 23.2. The zero-order chi connectivity index (χ0) is 27.8. The van der Waals surface area contributed by atoms with E-state index >= 15 is 0 Å². The SMILES string of the molecule is CC[C@@H](OCc1ccccc1)[C@@H](OCc1ccccc1)[C@H](OCc1ccccc1)[C@@H](CO)OCc1ccccc1. The van der Waals surface area contributed by atoms with E-state index in [9.17, 15) is 5.11 Å². The molecule has 1 N–H and O–H groups in total. The molecule has 0 aromatic heterocycles. The van der Waals surface area contributed by atoms with Crippen LogP contribution < -0.4 is 0 Å². The molecular formula is C35H40O5. The fraction of sp³-hybridized carbons (Fsp3) is 0.314. The van der Waals surface area contributed by atoms with Gasteiger partial charge in [-0.2, -0.15) is 0 Å². The molecule has 0 unspecified atom stereocenters. The number of rotatable bonds is 17. The van der Waals surface area contributed by atoms with Gasteiger partial charge in [0.05, 0.1) is 39.1 Å². The molecule has 4 aromatic carbocycles. The summed E-state index contributed by atoms with van der Waals surface area (Å²) in [5.74, 6) is 0. The van der Waals surface area contributed by atoms with Crippen LogP contribution in [0.1, 0.15) is 35.6 Å². The van der Waals surface area contributed by atoms with Gasteiger partial charge in [0.1, 0.15) is 18.3 Å². The lowest BCUT2D eigenvalue weighted by Crippen LogP contribution is -2.50. The second kappa shape index (κ2) is 16.7. The molecule has 4 rings (SSSR count). The van der Waals surface area contributed by atoms with Crippen molar-refractivity contribution in [2.45, 2.75) is 64.2 Å². The van der Waals surface area contributed by atoms with Crippen molar-refractivity contribution in [1.29, 1.82) is 0 Å². The molecule has 0 radical (unpaired) electrons. The largest absolute Gasteiger partial charge is 0.394 e. The zero-order valence-corrected chi connectivity index (χ0v) is 23.2. The van der Waals surface area contributed by atoms with Gasteiger partial charge < -0.3 is 24.1 Å².